The van der Waals surface area contributed by atoms with E-state index < -0.39 is 17.8 Å². The van der Waals surface area contributed by atoms with Crippen molar-refractivity contribution in [2.75, 3.05) is 12.0 Å². The van der Waals surface area contributed by atoms with Crippen LogP contribution in [0.3, 0.4) is 0 Å². The van der Waals surface area contributed by atoms with Crippen LogP contribution in [0.4, 0.5) is 10.5 Å². The number of methoxy groups -OCH3 is 1. The van der Waals surface area contributed by atoms with Gasteiger partial charge in [0.05, 0.1) is 12.8 Å². The van der Waals surface area contributed by atoms with E-state index in [1.807, 2.05) is 0 Å². The Labute approximate surface area is 137 Å². The number of nitrogens with one attached hydrogen (secondary N) is 1. The van der Waals surface area contributed by atoms with Crippen LogP contribution < -0.4 is 15.0 Å². The van der Waals surface area contributed by atoms with Crippen molar-refractivity contribution in [3.05, 3.63) is 53.5 Å². The van der Waals surface area contributed by atoms with Crippen LogP contribution >= 0.6 is 0 Å². The van der Waals surface area contributed by atoms with E-state index in [4.69, 9.17) is 9.15 Å². The number of amides is 4. The lowest BCUT2D eigenvalue weighted by Gasteiger charge is -2.26. The number of hydrogen-bond donors (Lipinski definition) is 1. The molecule has 1 aromatic carbocycles. The number of aryl methyl sites for hydroxylation is 1. The topological polar surface area (TPSA) is 88.8 Å². The summed E-state index contributed by atoms with van der Waals surface area (Å²) in [6.45, 7) is 1.75. The van der Waals surface area contributed by atoms with Gasteiger partial charge in [0.25, 0.3) is 11.8 Å². The maximum atomic E-state index is 12.6. The number of ether oxygens (including phenoxy) is 1. The highest BCUT2D eigenvalue weighted by Gasteiger charge is 2.37. The van der Waals surface area contributed by atoms with E-state index in [9.17, 15) is 14.4 Å². The van der Waals surface area contributed by atoms with Crippen LogP contribution in [0.1, 0.15) is 11.5 Å². The predicted octanol–water partition coefficient (Wildman–Crippen LogP) is 2.26. The molecule has 0 aliphatic carbocycles. The molecule has 24 heavy (non-hydrogen) atoms. The molecule has 1 fully saturated rings. The lowest BCUT2D eigenvalue weighted by molar-refractivity contribution is -0.122. The monoisotopic (exact) mass is 326 g/mol. The molecule has 7 nitrogen and oxygen atoms in total. The average molecular weight is 326 g/mol. The van der Waals surface area contributed by atoms with Gasteiger partial charge >= 0.3 is 6.03 Å². The molecule has 7 heteroatoms. The number of rotatable bonds is 3. The molecule has 0 saturated carbocycles. The first kappa shape index (κ1) is 15.5. The molecule has 2 aromatic rings. The quantitative estimate of drug-likeness (QED) is 0.690. The molecular formula is C17H14N2O5. The molecule has 3 rings (SSSR count). The minimum absolute atomic E-state index is 0.181. The second-order valence-corrected chi connectivity index (χ2v) is 5.10. The Bertz CT molecular complexity index is 848. The van der Waals surface area contributed by atoms with Gasteiger partial charge in [0.2, 0.25) is 0 Å². The first-order valence-corrected chi connectivity index (χ1v) is 7.11. The zero-order valence-electron chi connectivity index (χ0n) is 13.0. The van der Waals surface area contributed by atoms with Gasteiger partial charge in [-0.15, -0.1) is 0 Å². The van der Waals surface area contributed by atoms with Crippen LogP contribution in [0.15, 0.2) is 46.4 Å². The molecular weight excluding hydrogens is 312 g/mol. The zero-order chi connectivity index (χ0) is 17.3. The average Bonchev–Trinajstić information content (AvgIpc) is 2.97. The highest BCUT2D eigenvalue weighted by atomic mass is 16.5. The molecule has 2 heterocycles. The van der Waals surface area contributed by atoms with Gasteiger partial charge in [-0.05, 0) is 49.4 Å². The molecule has 1 aliphatic heterocycles. The molecule has 0 unspecified atom stereocenters. The van der Waals surface area contributed by atoms with Crippen LogP contribution in [-0.2, 0) is 9.59 Å². The van der Waals surface area contributed by atoms with Crippen molar-refractivity contribution in [3.63, 3.8) is 0 Å². The van der Waals surface area contributed by atoms with Crippen molar-refractivity contribution in [2.24, 2.45) is 0 Å². The Morgan fingerprint density at radius 2 is 1.79 bits per heavy atom. The maximum Gasteiger partial charge on any atom is 0.335 e. The minimum Gasteiger partial charge on any atom is -0.497 e. The molecule has 1 N–H and O–H groups in total. The molecule has 1 saturated heterocycles. The molecule has 0 radical (unpaired) electrons. The Morgan fingerprint density at radius 1 is 1.08 bits per heavy atom. The van der Waals surface area contributed by atoms with Gasteiger partial charge in [-0.3, -0.25) is 14.9 Å². The molecule has 1 aromatic heterocycles. The number of hydrogen-bond acceptors (Lipinski definition) is 5. The summed E-state index contributed by atoms with van der Waals surface area (Å²) in [6, 6.07) is 8.89. The van der Waals surface area contributed by atoms with Crippen molar-refractivity contribution >= 4 is 29.6 Å². The summed E-state index contributed by atoms with van der Waals surface area (Å²) in [6.07, 6.45) is 1.31. The number of anilines is 1. The van der Waals surface area contributed by atoms with E-state index in [1.165, 1.54) is 13.2 Å². The predicted molar refractivity (Wildman–Crippen MR) is 85.4 cm³/mol. The van der Waals surface area contributed by atoms with Crippen molar-refractivity contribution in [3.8, 4) is 5.75 Å². The van der Waals surface area contributed by atoms with Crippen molar-refractivity contribution in [1.29, 1.82) is 0 Å². The van der Waals surface area contributed by atoms with E-state index in [0.717, 1.165) is 4.90 Å². The minimum atomic E-state index is -0.803. The third-order valence-corrected chi connectivity index (χ3v) is 3.48. The lowest BCUT2D eigenvalue weighted by atomic mass is 10.1. The Morgan fingerprint density at radius 3 is 2.38 bits per heavy atom. The van der Waals surface area contributed by atoms with Gasteiger partial charge in [0, 0.05) is 0 Å². The second-order valence-electron chi connectivity index (χ2n) is 5.10. The fourth-order valence-corrected chi connectivity index (χ4v) is 2.30. The number of barbiturate groups is 1. The zero-order valence-corrected chi connectivity index (χ0v) is 13.0. The Balaban J connectivity index is 1.97. The van der Waals surface area contributed by atoms with Crippen molar-refractivity contribution in [1.82, 2.24) is 5.32 Å². The van der Waals surface area contributed by atoms with Crippen LogP contribution in [0.2, 0.25) is 0 Å². The normalized spacial score (nSPS) is 16.5. The number of furan rings is 1. The molecule has 1 aliphatic rings. The smallest absolute Gasteiger partial charge is 0.335 e. The van der Waals surface area contributed by atoms with Gasteiger partial charge in [0.15, 0.2) is 0 Å². The van der Waals surface area contributed by atoms with E-state index in [1.54, 1.807) is 43.3 Å². The Hall–Kier alpha value is -3.35. The first-order valence-electron chi connectivity index (χ1n) is 7.11. The van der Waals surface area contributed by atoms with Crippen LogP contribution in [0, 0.1) is 6.92 Å². The number of urea groups is 1. The summed E-state index contributed by atoms with van der Waals surface area (Å²) in [5.74, 6) is 0.108. The summed E-state index contributed by atoms with van der Waals surface area (Å²) in [4.78, 5) is 37.6. The van der Waals surface area contributed by atoms with E-state index in [0.29, 0.717) is 23.0 Å². The van der Waals surface area contributed by atoms with E-state index in [-0.39, 0.29) is 5.57 Å². The number of imide groups is 2. The number of carbonyl (C=O) groups excluding carboxylic acids is 3. The van der Waals surface area contributed by atoms with Crippen LogP contribution in [-0.4, -0.2) is 25.0 Å². The second kappa shape index (κ2) is 6.04. The lowest BCUT2D eigenvalue weighted by Crippen LogP contribution is -2.54. The molecule has 0 spiro atoms. The Kier molecular flexibility index (Phi) is 3.91. The number of benzene rings is 1. The third kappa shape index (κ3) is 2.79. The summed E-state index contributed by atoms with van der Waals surface area (Å²) in [7, 11) is 1.51. The van der Waals surface area contributed by atoms with Gasteiger partial charge in [-0.25, -0.2) is 9.69 Å². The van der Waals surface area contributed by atoms with Crippen LogP contribution in [0.5, 0.6) is 5.75 Å². The summed E-state index contributed by atoms with van der Waals surface area (Å²) >= 11 is 0. The van der Waals surface area contributed by atoms with E-state index in [2.05, 4.69) is 5.32 Å². The van der Waals surface area contributed by atoms with Gasteiger partial charge < -0.3 is 9.15 Å². The molecule has 0 bridgehead atoms. The SMILES string of the molecule is COc1ccc(N2C(=O)NC(=O)C(=Cc3ccc(C)o3)C2=O)cc1. The number of carbonyl (C=O) groups is 3. The maximum absolute atomic E-state index is 12.6. The first-order chi connectivity index (χ1) is 11.5. The summed E-state index contributed by atoms with van der Waals surface area (Å²) in [5.41, 5.74) is 0.145. The fraction of sp³-hybridized carbons (Fsp3) is 0.118. The number of nitrogens with zero attached hydrogens (tertiary/aromatic N) is 1. The molecule has 0 atom stereocenters. The summed E-state index contributed by atoms with van der Waals surface area (Å²) in [5, 5.41) is 2.15. The standard InChI is InChI=1S/C17H14N2O5/c1-10-3-6-13(24-10)9-14-15(20)18-17(22)19(16(14)21)11-4-7-12(23-2)8-5-11/h3-9H,1-2H3,(H,18,20,22). The fourth-order valence-electron chi connectivity index (χ4n) is 2.30. The van der Waals surface area contributed by atoms with Crippen molar-refractivity contribution < 1.29 is 23.5 Å². The van der Waals surface area contributed by atoms with E-state index >= 15 is 0 Å². The van der Waals surface area contributed by atoms with Gasteiger partial charge in [-0.2, -0.15) is 0 Å². The highest BCUT2D eigenvalue weighted by Crippen LogP contribution is 2.24. The van der Waals surface area contributed by atoms with Gasteiger partial charge in [0.1, 0.15) is 22.8 Å². The largest absolute Gasteiger partial charge is 0.497 e. The van der Waals surface area contributed by atoms with Gasteiger partial charge in [-0.1, -0.05) is 0 Å². The highest BCUT2D eigenvalue weighted by molar-refractivity contribution is 6.39. The summed E-state index contributed by atoms with van der Waals surface area (Å²) < 4.78 is 10.4. The van der Waals surface area contributed by atoms with Crippen molar-refractivity contribution in [2.45, 2.75) is 6.92 Å². The third-order valence-electron chi connectivity index (χ3n) is 3.48. The van der Waals surface area contributed by atoms with Crippen LogP contribution in [0.25, 0.3) is 6.08 Å². The molecule has 122 valence electrons. The molecule has 4 amide bonds.